The number of nitrogens with one attached hydrogen (secondary N) is 1. The summed E-state index contributed by atoms with van der Waals surface area (Å²) in [4.78, 5) is 0. The molecule has 1 N–H and O–H groups in total. The van der Waals surface area contributed by atoms with Gasteiger partial charge in [0.15, 0.2) is 0 Å². The third-order valence-electron chi connectivity index (χ3n) is 2.60. The molecule has 0 amide bonds. The molecule has 0 fully saturated rings. The van der Waals surface area contributed by atoms with Crippen molar-refractivity contribution in [1.82, 2.24) is 0 Å². The van der Waals surface area contributed by atoms with Gasteiger partial charge in [0.05, 0.1) is 0 Å². The van der Waals surface area contributed by atoms with Gasteiger partial charge in [-0.3, -0.25) is 0 Å². The predicted octanol–water partition coefficient (Wildman–Crippen LogP) is 4.22. The van der Waals surface area contributed by atoms with E-state index >= 15 is 0 Å². The molecule has 0 saturated heterocycles. The lowest BCUT2D eigenvalue weighted by atomic mass is 10.3. The van der Waals surface area contributed by atoms with Gasteiger partial charge < -0.3 is 14.8 Å². The SMILES string of the molecule is Fc1ccc(OCCNc2ccc(OC(F)(F)F)cc2)cc1. The highest BCUT2D eigenvalue weighted by molar-refractivity contribution is 5.46. The van der Waals surface area contributed by atoms with Gasteiger partial charge in [-0.25, -0.2) is 4.39 Å². The first-order valence-electron chi connectivity index (χ1n) is 6.40. The van der Waals surface area contributed by atoms with Crippen molar-refractivity contribution in [2.75, 3.05) is 18.5 Å². The lowest BCUT2D eigenvalue weighted by Crippen LogP contribution is -2.17. The monoisotopic (exact) mass is 315 g/mol. The van der Waals surface area contributed by atoms with Crippen LogP contribution in [0.25, 0.3) is 0 Å². The van der Waals surface area contributed by atoms with Crippen LogP contribution >= 0.6 is 0 Å². The normalized spacial score (nSPS) is 11.1. The zero-order valence-corrected chi connectivity index (χ0v) is 11.4. The average Bonchev–Trinajstić information content (AvgIpc) is 2.45. The van der Waals surface area contributed by atoms with E-state index in [4.69, 9.17) is 4.74 Å². The van der Waals surface area contributed by atoms with Crippen LogP contribution < -0.4 is 14.8 Å². The molecule has 0 aliphatic carbocycles. The van der Waals surface area contributed by atoms with Crippen molar-refractivity contribution in [2.45, 2.75) is 6.36 Å². The number of alkyl halides is 3. The van der Waals surface area contributed by atoms with Gasteiger partial charge in [0.2, 0.25) is 0 Å². The molecular weight excluding hydrogens is 302 g/mol. The second-order valence-corrected chi connectivity index (χ2v) is 4.30. The van der Waals surface area contributed by atoms with Crippen molar-refractivity contribution in [3.63, 3.8) is 0 Å². The molecule has 7 heteroatoms. The first-order valence-corrected chi connectivity index (χ1v) is 6.40. The zero-order valence-electron chi connectivity index (χ0n) is 11.4. The van der Waals surface area contributed by atoms with Crippen molar-refractivity contribution in [2.24, 2.45) is 0 Å². The summed E-state index contributed by atoms with van der Waals surface area (Å²) in [6.45, 7) is 0.767. The zero-order chi connectivity index (χ0) is 16.0. The number of hydrogen-bond acceptors (Lipinski definition) is 3. The van der Waals surface area contributed by atoms with Crippen LogP contribution in [-0.4, -0.2) is 19.5 Å². The van der Waals surface area contributed by atoms with Crippen LogP contribution in [0.4, 0.5) is 23.2 Å². The molecule has 0 aliphatic rings. The van der Waals surface area contributed by atoms with Gasteiger partial charge in [-0.2, -0.15) is 0 Å². The number of benzene rings is 2. The molecule has 0 aromatic heterocycles. The van der Waals surface area contributed by atoms with Gasteiger partial charge in [0.25, 0.3) is 0 Å². The van der Waals surface area contributed by atoms with Gasteiger partial charge >= 0.3 is 6.36 Å². The maximum absolute atomic E-state index is 12.7. The van der Waals surface area contributed by atoms with E-state index in [0.29, 0.717) is 24.6 Å². The van der Waals surface area contributed by atoms with Gasteiger partial charge in [-0.05, 0) is 48.5 Å². The summed E-state index contributed by atoms with van der Waals surface area (Å²) in [5.41, 5.74) is 0.636. The standard InChI is InChI=1S/C15H13F4NO2/c16-11-1-5-13(6-2-11)21-10-9-20-12-3-7-14(8-4-12)22-15(17,18)19/h1-8,20H,9-10H2. The molecule has 0 atom stereocenters. The Morgan fingerprint density at radius 3 is 2.05 bits per heavy atom. The second kappa shape index (κ2) is 7.02. The summed E-state index contributed by atoms with van der Waals surface area (Å²) in [6.07, 6.45) is -4.70. The third-order valence-corrected chi connectivity index (χ3v) is 2.60. The van der Waals surface area contributed by atoms with E-state index in [2.05, 4.69) is 10.1 Å². The Balaban J connectivity index is 1.74. The van der Waals surface area contributed by atoms with Crippen LogP contribution in [0.5, 0.6) is 11.5 Å². The molecular formula is C15H13F4NO2. The molecule has 2 aromatic rings. The van der Waals surface area contributed by atoms with Crippen LogP contribution in [0.1, 0.15) is 0 Å². The van der Waals surface area contributed by atoms with E-state index in [1.54, 1.807) is 0 Å². The minimum atomic E-state index is -4.70. The minimum Gasteiger partial charge on any atom is -0.492 e. The van der Waals surface area contributed by atoms with Crippen LogP contribution in [0, 0.1) is 5.82 Å². The maximum atomic E-state index is 12.7. The summed E-state index contributed by atoms with van der Waals surface area (Å²) in [7, 11) is 0. The van der Waals surface area contributed by atoms with Crippen LogP contribution in [0.3, 0.4) is 0 Å². The number of hydrogen-bond donors (Lipinski definition) is 1. The van der Waals surface area contributed by atoms with E-state index in [0.717, 1.165) is 0 Å². The lowest BCUT2D eigenvalue weighted by molar-refractivity contribution is -0.274. The predicted molar refractivity (Wildman–Crippen MR) is 73.5 cm³/mol. The number of anilines is 1. The van der Waals surface area contributed by atoms with Crippen LogP contribution in [0.15, 0.2) is 48.5 Å². The van der Waals surface area contributed by atoms with E-state index in [9.17, 15) is 17.6 Å². The molecule has 0 saturated carbocycles. The second-order valence-electron chi connectivity index (χ2n) is 4.30. The fraction of sp³-hybridized carbons (Fsp3) is 0.200. The first-order chi connectivity index (χ1) is 10.4. The number of halogens is 4. The molecule has 0 spiro atoms. The van der Waals surface area contributed by atoms with Crippen molar-refractivity contribution < 1.29 is 27.0 Å². The van der Waals surface area contributed by atoms with Crippen molar-refractivity contribution >= 4 is 5.69 Å². The Hall–Kier alpha value is -2.44. The smallest absolute Gasteiger partial charge is 0.492 e. The summed E-state index contributed by atoms with van der Waals surface area (Å²) in [5, 5.41) is 2.98. The summed E-state index contributed by atoms with van der Waals surface area (Å²) >= 11 is 0. The summed E-state index contributed by atoms with van der Waals surface area (Å²) < 4.78 is 57.8. The van der Waals surface area contributed by atoms with E-state index in [1.165, 1.54) is 48.5 Å². The topological polar surface area (TPSA) is 30.5 Å². The Bertz CT molecular complexity index is 582. The molecule has 0 aliphatic heterocycles. The largest absolute Gasteiger partial charge is 0.573 e. The minimum absolute atomic E-state index is 0.277. The quantitative estimate of drug-likeness (QED) is 0.640. The summed E-state index contributed by atoms with van der Waals surface area (Å²) in [6, 6.07) is 11.0. The van der Waals surface area contributed by atoms with Crippen molar-refractivity contribution in [1.29, 1.82) is 0 Å². The van der Waals surface area contributed by atoms with Crippen LogP contribution in [0.2, 0.25) is 0 Å². The Morgan fingerprint density at radius 1 is 0.864 bits per heavy atom. The molecule has 3 nitrogen and oxygen atoms in total. The molecule has 2 aromatic carbocycles. The molecule has 118 valence electrons. The average molecular weight is 315 g/mol. The lowest BCUT2D eigenvalue weighted by Gasteiger charge is -2.11. The highest BCUT2D eigenvalue weighted by atomic mass is 19.4. The molecule has 22 heavy (non-hydrogen) atoms. The summed E-state index contributed by atoms with van der Waals surface area (Å²) in [5.74, 6) is -0.0793. The molecule has 0 radical (unpaired) electrons. The van der Waals surface area contributed by atoms with E-state index in [1.807, 2.05) is 0 Å². The molecule has 0 bridgehead atoms. The van der Waals surface area contributed by atoms with Crippen LogP contribution in [-0.2, 0) is 0 Å². The van der Waals surface area contributed by atoms with E-state index < -0.39 is 6.36 Å². The Morgan fingerprint density at radius 2 is 1.45 bits per heavy atom. The highest BCUT2D eigenvalue weighted by Crippen LogP contribution is 2.23. The molecule has 0 heterocycles. The van der Waals surface area contributed by atoms with Gasteiger partial charge in [-0.1, -0.05) is 0 Å². The molecule has 2 rings (SSSR count). The highest BCUT2D eigenvalue weighted by Gasteiger charge is 2.30. The van der Waals surface area contributed by atoms with Gasteiger partial charge in [0.1, 0.15) is 23.9 Å². The first kappa shape index (κ1) is 15.9. The van der Waals surface area contributed by atoms with Gasteiger partial charge in [-0.15, -0.1) is 13.2 Å². The van der Waals surface area contributed by atoms with Gasteiger partial charge in [0, 0.05) is 12.2 Å². The van der Waals surface area contributed by atoms with Crippen molar-refractivity contribution in [3.05, 3.63) is 54.3 Å². The molecule has 0 unspecified atom stereocenters. The Labute approximate surface area is 124 Å². The fourth-order valence-corrected chi connectivity index (χ4v) is 1.67. The fourth-order valence-electron chi connectivity index (χ4n) is 1.67. The third kappa shape index (κ3) is 5.51. The van der Waals surface area contributed by atoms with E-state index in [-0.39, 0.29) is 11.6 Å². The van der Waals surface area contributed by atoms with Crippen molar-refractivity contribution in [3.8, 4) is 11.5 Å². The Kier molecular flexibility index (Phi) is 5.08. The number of rotatable bonds is 6. The maximum Gasteiger partial charge on any atom is 0.573 e. The number of ether oxygens (including phenoxy) is 2.